The molecule has 0 aliphatic rings. The molecule has 0 aliphatic heterocycles. The molecule has 0 spiro atoms. The second-order valence-corrected chi connectivity index (χ2v) is 6.47. The summed E-state index contributed by atoms with van der Waals surface area (Å²) in [5.74, 6) is -1.37. The van der Waals surface area contributed by atoms with E-state index >= 15 is 0 Å². The Morgan fingerprint density at radius 1 is 0.966 bits per heavy atom. The molecule has 0 saturated heterocycles. The average molecular weight is 391 g/mol. The van der Waals surface area contributed by atoms with Crippen LogP contribution < -0.4 is 10.6 Å². The van der Waals surface area contributed by atoms with Crippen molar-refractivity contribution in [3.05, 3.63) is 83.7 Å². The summed E-state index contributed by atoms with van der Waals surface area (Å²) >= 11 is 0. The van der Waals surface area contributed by atoms with Crippen molar-refractivity contribution in [1.82, 2.24) is 9.88 Å². The van der Waals surface area contributed by atoms with Gasteiger partial charge in [-0.3, -0.25) is 10.1 Å². The van der Waals surface area contributed by atoms with Gasteiger partial charge in [-0.15, -0.1) is 0 Å². The molecule has 0 fully saturated rings. The highest BCUT2D eigenvalue weighted by Gasteiger charge is 2.14. The summed E-state index contributed by atoms with van der Waals surface area (Å²) in [7, 11) is 0. The van der Waals surface area contributed by atoms with Crippen LogP contribution in [0.5, 0.6) is 0 Å². The topological polar surface area (TPSA) is 89.4 Å². The lowest BCUT2D eigenvalue weighted by atomic mass is 10.1. The Bertz CT molecular complexity index is 1040. The van der Waals surface area contributed by atoms with Crippen LogP contribution in [0.3, 0.4) is 0 Å². The standard InChI is InChI=1S/C22H21N3O4/c1-15-7-5-10-19(16(15)2)23-22(28)24-20(26)14-29-21(27)17-8-6-9-18(13-17)25-11-3-4-12-25/h3-13H,14H2,1-2H3,(H2,23,24,26,28). The maximum absolute atomic E-state index is 12.2. The third kappa shape index (κ3) is 5.10. The zero-order valence-corrected chi connectivity index (χ0v) is 16.1. The maximum Gasteiger partial charge on any atom is 0.338 e. The molecule has 0 radical (unpaired) electrons. The molecule has 0 saturated carbocycles. The van der Waals surface area contributed by atoms with Gasteiger partial charge in [0.15, 0.2) is 6.61 Å². The number of carbonyl (C=O) groups is 3. The molecule has 2 N–H and O–H groups in total. The maximum atomic E-state index is 12.2. The fourth-order valence-electron chi connectivity index (χ4n) is 2.72. The highest BCUT2D eigenvalue weighted by atomic mass is 16.5. The van der Waals surface area contributed by atoms with E-state index in [2.05, 4.69) is 10.6 Å². The molecule has 148 valence electrons. The van der Waals surface area contributed by atoms with Crippen LogP contribution in [-0.4, -0.2) is 29.1 Å². The monoisotopic (exact) mass is 391 g/mol. The Morgan fingerprint density at radius 3 is 2.45 bits per heavy atom. The van der Waals surface area contributed by atoms with E-state index in [1.54, 1.807) is 24.3 Å². The van der Waals surface area contributed by atoms with Crippen molar-refractivity contribution in [2.45, 2.75) is 13.8 Å². The number of aryl methyl sites for hydroxylation is 1. The van der Waals surface area contributed by atoms with Gasteiger partial charge in [0.2, 0.25) is 0 Å². The number of carbonyl (C=O) groups excluding carboxylic acids is 3. The first-order valence-electron chi connectivity index (χ1n) is 9.01. The lowest BCUT2D eigenvalue weighted by Gasteiger charge is -2.11. The second-order valence-electron chi connectivity index (χ2n) is 6.47. The van der Waals surface area contributed by atoms with Gasteiger partial charge in [-0.2, -0.15) is 0 Å². The smallest absolute Gasteiger partial charge is 0.338 e. The summed E-state index contributed by atoms with van der Waals surface area (Å²) in [4.78, 5) is 36.1. The lowest BCUT2D eigenvalue weighted by Crippen LogP contribution is -2.37. The lowest BCUT2D eigenvalue weighted by molar-refractivity contribution is -0.123. The fraction of sp³-hybridized carbons (Fsp3) is 0.136. The van der Waals surface area contributed by atoms with Gasteiger partial charge in [0.1, 0.15) is 0 Å². The molecule has 0 aliphatic carbocycles. The quantitative estimate of drug-likeness (QED) is 0.651. The number of benzene rings is 2. The van der Waals surface area contributed by atoms with E-state index in [0.29, 0.717) is 11.3 Å². The van der Waals surface area contributed by atoms with Crippen LogP contribution in [0.2, 0.25) is 0 Å². The third-order valence-corrected chi connectivity index (χ3v) is 4.42. The van der Waals surface area contributed by atoms with Gasteiger partial charge in [0.25, 0.3) is 5.91 Å². The van der Waals surface area contributed by atoms with Gasteiger partial charge in [-0.25, -0.2) is 9.59 Å². The van der Waals surface area contributed by atoms with E-state index in [1.807, 2.05) is 61.1 Å². The molecule has 7 nitrogen and oxygen atoms in total. The van der Waals surface area contributed by atoms with Crippen LogP contribution in [0, 0.1) is 13.8 Å². The number of hydrogen-bond donors (Lipinski definition) is 2. The molecular weight excluding hydrogens is 370 g/mol. The minimum atomic E-state index is -0.720. The first-order chi connectivity index (χ1) is 13.9. The molecule has 3 amide bonds. The van der Waals surface area contributed by atoms with Gasteiger partial charge in [-0.1, -0.05) is 18.2 Å². The third-order valence-electron chi connectivity index (χ3n) is 4.42. The first kappa shape index (κ1) is 19.9. The minimum absolute atomic E-state index is 0.309. The van der Waals surface area contributed by atoms with Gasteiger partial charge >= 0.3 is 12.0 Å². The van der Waals surface area contributed by atoms with Crippen LogP contribution in [0.4, 0.5) is 10.5 Å². The molecule has 0 unspecified atom stereocenters. The van der Waals surface area contributed by atoms with Crippen molar-refractivity contribution >= 4 is 23.6 Å². The number of nitrogens with zero attached hydrogens (tertiary/aromatic N) is 1. The van der Waals surface area contributed by atoms with Crippen molar-refractivity contribution < 1.29 is 19.1 Å². The number of imide groups is 1. The second kappa shape index (κ2) is 8.88. The molecule has 1 heterocycles. The Hall–Kier alpha value is -3.87. The van der Waals surface area contributed by atoms with Crippen LogP contribution in [-0.2, 0) is 9.53 Å². The summed E-state index contributed by atoms with van der Waals surface area (Å²) in [6, 6.07) is 15.4. The summed E-state index contributed by atoms with van der Waals surface area (Å²) in [6.07, 6.45) is 3.71. The van der Waals surface area contributed by atoms with Gasteiger partial charge < -0.3 is 14.6 Å². The summed E-state index contributed by atoms with van der Waals surface area (Å²) in [5.41, 5.74) is 3.63. The molecular formula is C22H21N3O4. The fourth-order valence-corrected chi connectivity index (χ4v) is 2.72. The predicted molar refractivity (Wildman–Crippen MR) is 109 cm³/mol. The van der Waals surface area contributed by atoms with E-state index in [-0.39, 0.29) is 0 Å². The van der Waals surface area contributed by atoms with E-state index in [0.717, 1.165) is 16.8 Å². The Morgan fingerprint density at radius 2 is 1.69 bits per heavy atom. The normalized spacial score (nSPS) is 10.3. The van der Waals surface area contributed by atoms with Crippen LogP contribution >= 0.6 is 0 Å². The predicted octanol–water partition coefficient (Wildman–Crippen LogP) is 3.60. The molecule has 7 heteroatoms. The Kier molecular flexibility index (Phi) is 6.09. The van der Waals surface area contributed by atoms with E-state index < -0.39 is 24.5 Å². The zero-order valence-electron chi connectivity index (χ0n) is 16.1. The Labute approximate surface area is 168 Å². The SMILES string of the molecule is Cc1cccc(NC(=O)NC(=O)COC(=O)c2cccc(-n3cccc3)c2)c1C. The average Bonchev–Trinajstić information content (AvgIpc) is 3.24. The molecule has 0 bridgehead atoms. The number of hydrogen-bond acceptors (Lipinski definition) is 4. The number of ether oxygens (including phenoxy) is 1. The first-order valence-corrected chi connectivity index (χ1v) is 9.01. The molecule has 2 aromatic carbocycles. The zero-order chi connectivity index (χ0) is 20.8. The summed E-state index contributed by atoms with van der Waals surface area (Å²) in [6.45, 7) is 3.23. The van der Waals surface area contributed by atoms with E-state index in [1.165, 1.54) is 0 Å². The van der Waals surface area contributed by atoms with Crippen molar-refractivity contribution in [1.29, 1.82) is 0 Å². The molecule has 3 rings (SSSR count). The summed E-state index contributed by atoms with van der Waals surface area (Å²) in [5, 5.41) is 4.76. The van der Waals surface area contributed by atoms with Crippen LogP contribution in [0.1, 0.15) is 21.5 Å². The highest BCUT2D eigenvalue weighted by Crippen LogP contribution is 2.17. The summed E-state index contributed by atoms with van der Waals surface area (Å²) < 4.78 is 6.86. The van der Waals surface area contributed by atoms with Gasteiger partial charge in [0, 0.05) is 23.8 Å². The number of urea groups is 1. The van der Waals surface area contributed by atoms with Crippen LogP contribution in [0.25, 0.3) is 5.69 Å². The number of amides is 3. The molecule has 3 aromatic rings. The number of aromatic nitrogens is 1. The minimum Gasteiger partial charge on any atom is -0.452 e. The van der Waals surface area contributed by atoms with Crippen molar-refractivity contribution in [2.24, 2.45) is 0 Å². The van der Waals surface area contributed by atoms with E-state index in [4.69, 9.17) is 4.74 Å². The number of esters is 1. The molecule has 0 atom stereocenters. The van der Waals surface area contributed by atoms with Crippen molar-refractivity contribution in [2.75, 3.05) is 11.9 Å². The Balaban J connectivity index is 1.52. The highest BCUT2D eigenvalue weighted by molar-refractivity contribution is 6.02. The van der Waals surface area contributed by atoms with E-state index in [9.17, 15) is 14.4 Å². The number of rotatable bonds is 5. The van der Waals surface area contributed by atoms with Crippen molar-refractivity contribution in [3.8, 4) is 5.69 Å². The number of anilines is 1. The van der Waals surface area contributed by atoms with Crippen molar-refractivity contribution in [3.63, 3.8) is 0 Å². The number of nitrogens with one attached hydrogen (secondary N) is 2. The van der Waals surface area contributed by atoms with Gasteiger partial charge in [0.05, 0.1) is 5.56 Å². The van der Waals surface area contributed by atoms with Crippen LogP contribution in [0.15, 0.2) is 67.0 Å². The molecule has 29 heavy (non-hydrogen) atoms. The van der Waals surface area contributed by atoms with Gasteiger partial charge in [-0.05, 0) is 61.4 Å². The molecule has 1 aromatic heterocycles. The largest absolute Gasteiger partial charge is 0.452 e.